The molecule has 0 fully saturated rings. The van der Waals surface area contributed by atoms with Gasteiger partial charge in [0.05, 0.1) is 10.2 Å². The molecule has 0 aliphatic rings. The van der Waals surface area contributed by atoms with E-state index < -0.39 is 0 Å². The number of hydrogen-bond acceptors (Lipinski definition) is 4. The van der Waals surface area contributed by atoms with E-state index in [0.29, 0.717) is 5.92 Å². The highest BCUT2D eigenvalue weighted by atomic mass is 32.1. The summed E-state index contributed by atoms with van der Waals surface area (Å²) < 4.78 is 1.14. The second-order valence-corrected chi connectivity index (χ2v) is 6.69. The zero-order valence-corrected chi connectivity index (χ0v) is 13.2. The fourth-order valence-electron chi connectivity index (χ4n) is 2.27. The van der Waals surface area contributed by atoms with Crippen molar-refractivity contribution >= 4 is 21.6 Å². The number of nitrogens with one attached hydrogen (secondary N) is 1. The van der Waals surface area contributed by atoms with Gasteiger partial charge >= 0.3 is 0 Å². The summed E-state index contributed by atoms with van der Waals surface area (Å²) in [5.74, 6) is 0.675. The molecule has 0 unspecified atom stereocenters. The molecule has 21 heavy (non-hydrogen) atoms. The third-order valence-corrected chi connectivity index (χ3v) is 4.40. The van der Waals surface area contributed by atoms with Gasteiger partial charge in [0.2, 0.25) is 0 Å². The van der Waals surface area contributed by atoms with Crippen LogP contribution in [0.1, 0.15) is 19.4 Å². The lowest BCUT2D eigenvalue weighted by Crippen LogP contribution is -2.18. The van der Waals surface area contributed by atoms with Gasteiger partial charge in [-0.15, -0.1) is 11.3 Å². The van der Waals surface area contributed by atoms with Crippen molar-refractivity contribution in [2.45, 2.75) is 20.4 Å². The molecular weight excluding hydrogens is 278 g/mol. The van der Waals surface area contributed by atoms with Gasteiger partial charge in [0.15, 0.2) is 0 Å². The van der Waals surface area contributed by atoms with Gasteiger partial charge in [-0.05, 0) is 35.7 Å². The molecule has 0 aliphatic carbocycles. The van der Waals surface area contributed by atoms with Gasteiger partial charge in [0.1, 0.15) is 6.33 Å². The summed E-state index contributed by atoms with van der Waals surface area (Å²) in [5, 5.41) is 3.49. The lowest BCUT2D eigenvalue weighted by molar-refractivity contribution is 0.552. The number of thiophene rings is 1. The zero-order valence-electron chi connectivity index (χ0n) is 12.3. The Morgan fingerprint density at radius 3 is 2.95 bits per heavy atom. The molecule has 108 valence electrons. The van der Waals surface area contributed by atoms with Crippen LogP contribution in [0.25, 0.3) is 20.7 Å². The maximum atomic E-state index is 4.31. The Hall–Kier alpha value is -1.78. The summed E-state index contributed by atoms with van der Waals surface area (Å²) in [5.41, 5.74) is 3.59. The van der Waals surface area contributed by atoms with E-state index in [9.17, 15) is 0 Å². The van der Waals surface area contributed by atoms with Crippen molar-refractivity contribution in [2.75, 3.05) is 6.54 Å². The van der Waals surface area contributed by atoms with Crippen molar-refractivity contribution in [2.24, 2.45) is 5.92 Å². The van der Waals surface area contributed by atoms with Crippen LogP contribution >= 0.6 is 11.3 Å². The van der Waals surface area contributed by atoms with Crippen molar-refractivity contribution in [3.8, 4) is 10.4 Å². The first-order valence-corrected chi connectivity index (χ1v) is 8.03. The van der Waals surface area contributed by atoms with Crippen LogP contribution in [-0.4, -0.2) is 16.5 Å². The molecule has 2 aromatic heterocycles. The Bertz CT molecular complexity index is 700. The molecule has 2 heterocycles. The molecule has 4 heteroatoms. The zero-order chi connectivity index (χ0) is 14.7. The van der Waals surface area contributed by atoms with E-state index >= 15 is 0 Å². The third-order valence-electron chi connectivity index (χ3n) is 3.29. The van der Waals surface area contributed by atoms with Gasteiger partial charge in [-0.25, -0.2) is 9.97 Å². The summed E-state index contributed by atoms with van der Waals surface area (Å²) in [6.45, 7) is 6.41. The van der Waals surface area contributed by atoms with Crippen LogP contribution < -0.4 is 5.32 Å². The van der Waals surface area contributed by atoms with Crippen LogP contribution in [0.2, 0.25) is 0 Å². The maximum Gasteiger partial charge on any atom is 0.116 e. The molecule has 3 nitrogen and oxygen atoms in total. The van der Waals surface area contributed by atoms with E-state index in [1.165, 1.54) is 16.0 Å². The van der Waals surface area contributed by atoms with Gasteiger partial charge in [-0.2, -0.15) is 0 Å². The van der Waals surface area contributed by atoms with Crippen LogP contribution in [0.4, 0.5) is 0 Å². The molecule has 0 radical (unpaired) electrons. The molecule has 1 aromatic carbocycles. The second-order valence-electron chi connectivity index (χ2n) is 5.61. The summed E-state index contributed by atoms with van der Waals surface area (Å²) in [6, 6.07) is 10.8. The molecule has 0 spiro atoms. The largest absolute Gasteiger partial charge is 0.312 e. The minimum atomic E-state index is 0.675. The van der Waals surface area contributed by atoms with E-state index in [2.05, 4.69) is 59.5 Å². The van der Waals surface area contributed by atoms with Gasteiger partial charge < -0.3 is 5.32 Å². The molecular formula is C17H19N3S. The predicted octanol–water partition coefficient (Wildman–Crippen LogP) is 4.10. The van der Waals surface area contributed by atoms with Crippen molar-refractivity contribution in [3.05, 3.63) is 48.4 Å². The maximum absolute atomic E-state index is 4.31. The molecule has 0 atom stereocenters. The minimum absolute atomic E-state index is 0.675. The Labute approximate surface area is 129 Å². The SMILES string of the molecule is CC(C)CNCc1cccc(-c2cc3ncncc3s2)c1. The molecule has 3 rings (SSSR count). The van der Waals surface area contributed by atoms with E-state index in [-0.39, 0.29) is 0 Å². The van der Waals surface area contributed by atoms with Crippen molar-refractivity contribution in [1.29, 1.82) is 0 Å². The monoisotopic (exact) mass is 297 g/mol. The molecule has 0 aliphatic heterocycles. The smallest absolute Gasteiger partial charge is 0.116 e. The molecule has 0 saturated heterocycles. The first kappa shape index (κ1) is 14.2. The van der Waals surface area contributed by atoms with Crippen LogP contribution in [0.15, 0.2) is 42.9 Å². The fourth-order valence-corrected chi connectivity index (χ4v) is 3.25. The van der Waals surface area contributed by atoms with Gasteiger partial charge in [0.25, 0.3) is 0 Å². The minimum Gasteiger partial charge on any atom is -0.312 e. The van der Waals surface area contributed by atoms with E-state index in [4.69, 9.17) is 0 Å². The normalized spacial score (nSPS) is 11.4. The summed E-state index contributed by atoms with van der Waals surface area (Å²) >= 11 is 1.74. The first-order valence-electron chi connectivity index (χ1n) is 7.22. The Kier molecular flexibility index (Phi) is 4.27. The van der Waals surface area contributed by atoms with E-state index in [0.717, 1.165) is 23.3 Å². The van der Waals surface area contributed by atoms with Crippen LogP contribution in [0.5, 0.6) is 0 Å². The molecule has 0 bridgehead atoms. The van der Waals surface area contributed by atoms with E-state index in [1.807, 2.05) is 6.20 Å². The Balaban J connectivity index is 1.81. The average Bonchev–Trinajstić information content (AvgIpc) is 2.91. The number of rotatable bonds is 5. The predicted molar refractivity (Wildman–Crippen MR) is 89.4 cm³/mol. The molecule has 1 N–H and O–H groups in total. The van der Waals surface area contributed by atoms with Gasteiger partial charge in [0, 0.05) is 17.6 Å². The summed E-state index contributed by atoms with van der Waals surface area (Å²) in [7, 11) is 0. The van der Waals surface area contributed by atoms with E-state index in [1.54, 1.807) is 17.7 Å². The standard InChI is InChI=1S/C17H19N3S/c1-12(2)8-18-9-13-4-3-5-14(6-13)16-7-15-17(21-16)10-19-11-20-15/h3-7,10-12,18H,8-9H2,1-2H3. The fraction of sp³-hybridized carbons (Fsp3) is 0.294. The lowest BCUT2D eigenvalue weighted by Gasteiger charge is -2.08. The molecule has 0 saturated carbocycles. The number of nitrogens with zero attached hydrogens (tertiary/aromatic N) is 2. The topological polar surface area (TPSA) is 37.8 Å². The van der Waals surface area contributed by atoms with Crippen LogP contribution in [0, 0.1) is 5.92 Å². The summed E-state index contributed by atoms with van der Waals surface area (Å²) in [4.78, 5) is 9.64. The Morgan fingerprint density at radius 1 is 1.24 bits per heavy atom. The van der Waals surface area contributed by atoms with Crippen LogP contribution in [0.3, 0.4) is 0 Å². The number of benzene rings is 1. The highest BCUT2D eigenvalue weighted by Crippen LogP contribution is 2.32. The van der Waals surface area contributed by atoms with Gasteiger partial charge in [-0.3, -0.25) is 0 Å². The van der Waals surface area contributed by atoms with Crippen molar-refractivity contribution < 1.29 is 0 Å². The highest BCUT2D eigenvalue weighted by molar-refractivity contribution is 7.22. The van der Waals surface area contributed by atoms with Crippen molar-refractivity contribution in [3.63, 3.8) is 0 Å². The number of hydrogen-bond donors (Lipinski definition) is 1. The lowest BCUT2D eigenvalue weighted by atomic mass is 10.1. The third kappa shape index (κ3) is 3.46. The average molecular weight is 297 g/mol. The number of fused-ring (bicyclic) bond motifs is 1. The van der Waals surface area contributed by atoms with Crippen molar-refractivity contribution in [1.82, 2.24) is 15.3 Å². The number of aromatic nitrogens is 2. The second kappa shape index (κ2) is 6.33. The van der Waals surface area contributed by atoms with Gasteiger partial charge in [-0.1, -0.05) is 32.0 Å². The van der Waals surface area contributed by atoms with Crippen LogP contribution in [-0.2, 0) is 6.54 Å². The molecule has 0 amide bonds. The first-order chi connectivity index (χ1) is 10.2. The molecule has 3 aromatic rings. The summed E-state index contributed by atoms with van der Waals surface area (Å²) in [6.07, 6.45) is 3.48. The highest BCUT2D eigenvalue weighted by Gasteiger charge is 2.06. The quantitative estimate of drug-likeness (QED) is 0.770. The Morgan fingerprint density at radius 2 is 2.14 bits per heavy atom.